The summed E-state index contributed by atoms with van der Waals surface area (Å²) in [6, 6.07) is 2.41. The van der Waals surface area contributed by atoms with Gasteiger partial charge in [-0.2, -0.15) is 0 Å². The summed E-state index contributed by atoms with van der Waals surface area (Å²) >= 11 is 0. The van der Waals surface area contributed by atoms with Crippen molar-refractivity contribution in [2.24, 2.45) is 5.73 Å². The molecule has 2 aromatic heterocycles. The fourth-order valence-electron chi connectivity index (χ4n) is 2.83. The second-order valence-electron chi connectivity index (χ2n) is 5.14. The molecule has 0 saturated carbocycles. The van der Waals surface area contributed by atoms with Crippen molar-refractivity contribution < 1.29 is 4.42 Å². The van der Waals surface area contributed by atoms with Gasteiger partial charge in [-0.3, -0.25) is 0 Å². The highest BCUT2D eigenvalue weighted by atomic mass is 16.4. The Labute approximate surface area is 107 Å². The Morgan fingerprint density at radius 2 is 2.33 bits per heavy atom. The lowest BCUT2D eigenvalue weighted by atomic mass is 9.93. The van der Waals surface area contributed by atoms with Crippen molar-refractivity contribution in [3.05, 3.63) is 40.9 Å². The van der Waals surface area contributed by atoms with Gasteiger partial charge in [0.05, 0.1) is 12.7 Å². The Hall–Kier alpha value is -1.55. The molecule has 18 heavy (non-hydrogen) atoms. The van der Waals surface area contributed by atoms with Crippen molar-refractivity contribution in [2.75, 3.05) is 0 Å². The molecule has 1 aliphatic rings. The lowest BCUT2D eigenvalue weighted by molar-refractivity contribution is 0.448. The fourth-order valence-corrected chi connectivity index (χ4v) is 2.83. The zero-order valence-corrected chi connectivity index (χ0v) is 10.9. The molecule has 4 nitrogen and oxygen atoms in total. The van der Waals surface area contributed by atoms with Gasteiger partial charge >= 0.3 is 0 Å². The molecule has 1 aliphatic carbocycles. The van der Waals surface area contributed by atoms with E-state index in [1.165, 1.54) is 23.4 Å². The summed E-state index contributed by atoms with van der Waals surface area (Å²) in [5.74, 6) is 1.63. The van der Waals surface area contributed by atoms with Crippen LogP contribution in [0.2, 0.25) is 0 Å². The molecule has 0 fully saturated rings. The highest BCUT2D eigenvalue weighted by Gasteiger charge is 2.22. The van der Waals surface area contributed by atoms with Crippen LogP contribution in [0.15, 0.2) is 16.7 Å². The van der Waals surface area contributed by atoms with E-state index in [0.717, 1.165) is 24.5 Å². The van der Waals surface area contributed by atoms with Gasteiger partial charge in [0.15, 0.2) is 0 Å². The van der Waals surface area contributed by atoms with Crippen LogP contribution in [0.4, 0.5) is 0 Å². The monoisotopic (exact) mass is 245 g/mol. The number of nitrogens with two attached hydrogens (primary N) is 1. The molecule has 2 heterocycles. The van der Waals surface area contributed by atoms with Crippen molar-refractivity contribution in [3.8, 4) is 0 Å². The molecule has 0 bridgehead atoms. The quantitative estimate of drug-likeness (QED) is 0.884. The van der Waals surface area contributed by atoms with E-state index in [0.29, 0.717) is 6.54 Å². The first-order valence-corrected chi connectivity index (χ1v) is 6.51. The number of nitrogens with zero attached hydrogens (tertiary/aromatic N) is 2. The summed E-state index contributed by atoms with van der Waals surface area (Å²) in [6.07, 6.45) is 5.14. The third kappa shape index (κ3) is 1.86. The van der Waals surface area contributed by atoms with Gasteiger partial charge in [0, 0.05) is 17.4 Å². The lowest BCUT2D eigenvalue weighted by Crippen LogP contribution is -2.18. The Balaban J connectivity index is 1.97. The average molecular weight is 245 g/mol. The molecular weight excluding hydrogens is 226 g/mol. The average Bonchev–Trinajstić information content (AvgIpc) is 2.87. The van der Waals surface area contributed by atoms with Crippen LogP contribution in [0, 0.1) is 13.8 Å². The van der Waals surface area contributed by atoms with Crippen molar-refractivity contribution in [2.45, 2.75) is 45.7 Å². The maximum Gasteiger partial charge on any atom is 0.214 e. The van der Waals surface area contributed by atoms with E-state index >= 15 is 0 Å². The van der Waals surface area contributed by atoms with Crippen molar-refractivity contribution in [1.82, 2.24) is 9.55 Å². The number of oxazole rings is 1. The van der Waals surface area contributed by atoms with Crippen LogP contribution in [0.25, 0.3) is 0 Å². The lowest BCUT2D eigenvalue weighted by Gasteiger charge is -2.20. The van der Waals surface area contributed by atoms with E-state index in [1.54, 1.807) is 6.20 Å². The van der Waals surface area contributed by atoms with Crippen LogP contribution in [-0.4, -0.2) is 9.55 Å². The zero-order chi connectivity index (χ0) is 12.7. The number of hydrogen-bond donors (Lipinski definition) is 1. The summed E-state index contributed by atoms with van der Waals surface area (Å²) in [5.41, 5.74) is 10.1. The van der Waals surface area contributed by atoms with Gasteiger partial charge in [0.1, 0.15) is 5.76 Å². The van der Waals surface area contributed by atoms with Crippen molar-refractivity contribution >= 4 is 0 Å². The topological polar surface area (TPSA) is 57.0 Å². The van der Waals surface area contributed by atoms with E-state index in [-0.39, 0.29) is 6.04 Å². The largest absolute Gasteiger partial charge is 0.444 e. The van der Waals surface area contributed by atoms with Crippen molar-refractivity contribution in [1.29, 1.82) is 0 Å². The molecule has 1 unspecified atom stereocenters. The van der Waals surface area contributed by atoms with E-state index in [9.17, 15) is 0 Å². The summed E-state index contributed by atoms with van der Waals surface area (Å²) in [5, 5.41) is 0. The second-order valence-corrected chi connectivity index (χ2v) is 5.14. The first-order valence-electron chi connectivity index (χ1n) is 6.51. The van der Waals surface area contributed by atoms with Crippen LogP contribution in [0.1, 0.15) is 47.5 Å². The minimum absolute atomic E-state index is 0.194. The highest BCUT2D eigenvalue weighted by Crippen LogP contribution is 2.31. The van der Waals surface area contributed by atoms with Gasteiger partial charge in [-0.25, -0.2) is 4.98 Å². The second kappa shape index (κ2) is 4.28. The van der Waals surface area contributed by atoms with E-state index in [4.69, 9.17) is 10.2 Å². The third-order valence-corrected chi connectivity index (χ3v) is 3.74. The summed E-state index contributed by atoms with van der Waals surface area (Å²) in [4.78, 5) is 4.28. The smallest absolute Gasteiger partial charge is 0.214 e. The highest BCUT2D eigenvalue weighted by molar-refractivity contribution is 5.33. The van der Waals surface area contributed by atoms with Gasteiger partial charge < -0.3 is 14.7 Å². The molecule has 1 atom stereocenters. The predicted molar refractivity (Wildman–Crippen MR) is 69.4 cm³/mol. The van der Waals surface area contributed by atoms with Gasteiger partial charge in [-0.1, -0.05) is 0 Å². The maximum atomic E-state index is 6.17. The number of fused-ring (bicyclic) bond motifs is 1. The number of hydrogen-bond acceptors (Lipinski definition) is 3. The Bertz CT molecular complexity index is 568. The van der Waals surface area contributed by atoms with Crippen LogP contribution < -0.4 is 5.73 Å². The molecule has 0 saturated heterocycles. The molecule has 2 aromatic rings. The molecule has 2 N–H and O–H groups in total. The Morgan fingerprint density at radius 3 is 3.06 bits per heavy atom. The normalized spacial score (nSPS) is 18.9. The third-order valence-electron chi connectivity index (χ3n) is 3.74. The molecule has 4 heteroatoms. The minimum atomic E-state index is 0.194. The maximum absolute atomic E-state index is 6.17. The van der Waals surface area contributed by atoms with E-state index in [2.05, 4.69) is 22.5 Å². The first kappa shape index (κ1) is 11.5. The van der Waals surface area contributed by atoms with Gasteiger partial charge in [0.2, 0.25) is 5.89 Å². The molecule has 0 radical (unpaired) electrons. The SMILES string of the molecule is Cc1cnc(Cn2c(C)cc3c2CCCC3N)o1. The first-order chi connectivity index (χ1) is 8.65. The summed E-state index contributed by atoms with van der Waals surface area (Å²) < 4.78 is 7.86. The van der Waals surface area contributed by atoms with E-state index in [1.807, 2.05) is 6.92 Å². The molecule has 0 aromatic carbocycles. The summed E-state index contributed by atoms with van der Waals surface area (Å²) in [7, 11) is 0. The minimum Gasteiger partial charge on any atom is -0.444 e. The predicted octanol–water partition coefficient (Wildman–Crippen LogP) is 2.48. The van der Waals surface area contributed by atoms with Gasteiger partial charge in [0.25, 0.3) is 0 Å². The van der Waals surface area contributed by atoms with Crippen LogP contribution in [0.5, 0.6) is 0 Å². The molecule has 3 rings (SSSR count). The molecule has 0 spiro atoms. The Morgan fingerprint density at radius 1 is 1.50 bits per heavy atom. The molecule has 0 aliphatic heterocycles. The molecule has 0 amide bonds. The van der Waals surface area contributed by atoms with Crippen LogP contribution >= 0.6 is 0 Å². The van der Waals surface area contributed by atoms with Gasteiger partial charge in [-0.05, 0) is 44.7 Å². The standard InChI is InChI=1S/C14H19N3O/c1-9-6-11-12(15)4-3-5-13(11)17(9)8-14-16-7-10(2)18-14/h6-7,12H,3-5,8,15H2,1-2H3. The zero-order valence-electron chi connectivity index (χ0n) is 10.9. The molecular formula is C14H19N3O. The van der Waals surface area contributed by atoms with Crippen LogP contribution in [0.3, 0.4) is 0 Å². The van der Waals surface area contributed by atoms with Crippen LogP contribution in [-0.2, 0) is 13.0 Å². The number of aryl methyl sites for hydroxylation is 2. The van der Waals surface area contributed by atoms with E-state index < -0.39 is 0 Å². The van der Waals surface area contributed by atoms with Crippen molar-refractivity contribution in [3.63, 3.8) is 0 Å². The molecule has 96 valence electrons. The Kier molecular flexibility index (Phi) is 2.74. The fraction of sp³-hybridized carbons (Fsp3) is 0.500. The number of aromatic nitrogens is 2. The van der Waals surface area contributed by atoms with Gasteiger partial charge in [-0.15, -0.1) is 0 Å². The summed E-state index contributed by atoms with van der Waals surface area (Å²) in [6.45, 7) is 4.76. The number of rotatable bonds is 2.